The van der Waals surface area contributed by atoms with Crippen LogP contribution in [-0.4, -0.2) is 14.7 Å². The zero-order valence-corrected chi connectivity index (χ0v) is 28.6. The molecular weight excluding hydrogens is 661 g/mol. The highest BCUT2D eigenvalue weighted by Crippen LogP contribution is 2.58. The van der Waals surface area contributed by atoms with Crippen molar-refractivity contribution in [1.29, 1.82) is 0 Å². The molecule has 0 fully saturated rings. The lowest BCUT2D eigenvalue weighted by atomic mass is 9.59. The first-order valence-corrected chi connectivity index (χ1v) is 17.3. The molecule has 0 unspecified atom stereocenters. The minimum Gasteiger partial charge on any atom is -0.390 e. The highest BCUT2D eigenvalue weighted by Gasteiger charge is 2.60. The average molecular weight is 699 g/mol. The number of rotatable bonds is 12. The molecule has 1 aliphatic rings. The van der Waals surface area contributed by atoms with E-state index in [4.69, 9.17) is 10.2 Å². The number of aliphatic hydroxyl groups is 1. The van der Waals surface area contributed by atoms with Crippen molar-refractivity contribution in [1.82, 2.24) is 9.55 Å². The van der Waals surface area contributed by atoms with Gasteiger partial charge in [-0.15, -0.1) is 10.2 Å². The van der Waals surface area contributed by atoms with Crippen LogP contribution >= 0.6 is 0 Å². The number of alkyl halides is 3. The molecule has 262 valence electrons. The quantitative estimate of drug-likeness (QED) is 0.129. The van der Waals surface area contributed by atoms with Gasteiger partial charge in [-0.1, -0.05) is 147 Å². The Hall–Kier alpha value is -5.74. The van der Waals surface area contributed by atoms with Crippen molar-refractivity contribution in [2.45, 2.75) is 56.6 Å². The number of imidazole rings is 1. The van der Waals surface area contributed by atoms with E-state index >= 15 is 0 Å². The molecule has 0 amide bonds. The van der Waals surface area contributed by atoms with Gasteiger partial charge in [-0.25, -0.2) is 4.98 Å². The van der Waals surface area contributed by atoms with Crippen molar-refractivity contribution in [3.05, 3.63) is 185 Å². The maximum Gasteiger partial charge on any atom is 0.435 e. The van der Waals surface area contributed by atoms with Crippen LogP contribution in [0.3, 0.4) is 0 Å². The van der Waals surface area contributed by atoms with Crippen LogP contribution in [0.15, 0.2) is 160 Å². The molecule has 1 N–H and O–H groups in total. The summed E-state index contributed by atoms with van der Waals surface area (Å²) in [5, 5.41) is 28.7. The van der Waals surface area contributed by atoms with Crippen molar-refractivity contribution in [2.75, 3.05) is 0 Å². The average Bonchev–Trinajstić information content (AvgIpc) is 3.82. The third-order valence-electron chi connectivity index (χ3n) is 9.77. The van der Waals surface area contributed by atoms with Gasteiger partial charge in [-0.05, 0) is 56.3 Å². The number of hydrogen-bond donors (Lipinski definition) is 1. The molecule has 7 rings (SSSR count). The summed E-state index contributed by atoms with van der Waals surface area (Å²) in [5.74, 6) is 0.272. The summed E-state index contributed by atoms with van der Waals surface area (Å²) in [4.78, 5) is 4.03. The van der Waals surface area contributed by atoms with Gasteiger partial charge in [0.05, 0.1) is 17.7 Å². The van der Waals surface area contributed by atoms with Gasteiger partial charge in [0.2, 0.25) is 5.66 Å². The topological polar surface area (TPSA) is 87.5 Å². The minimum atomic E-state index is -4.72. The molecule has 0 atom stereocenters. The summed E-state index contributed by atoms with van der Waals surface area (Å²) in [7, 11) is 0. The van der Waals surface area contributed by atoms with E-state index in [-0.39, 0.29) is 18.1 Å². The Morgan fingerprint density at radius 1 is 0.692 bits per heavy atom. The van der Waals surface area contributed by atoms with Gasteiger partial charge >= 0.3 is 6.18 Å². The van der Waals surface area contributed by atoms with Crippen LogP contribution in [0, 0.1) is 0 Å². The number of aromatic nitrogens is 2. The molecule has 0 bridgehead atoms. The van der Waals surface area contributed by atoms with Crippen molar-refractivity contribution in [3.63, 3.8) is 0 Å². The Kier molecular flexibility index (Phi) is 9.66. The minimum absolute atomic E-state index is 0.0272. The first-order valence-electron chi connectivity index (χ1n) is 17.3. The highest BCUT2D eigenvalue weighted by molar-refractivity contribution is 5.72. The summed E-state index contributed by atoms with van der Waals surface area (Å²) >= 11 is 0. The molecule has 10 heteroatoms. The Morgan fingerprint density at radius 3 is 1.69 bits per heavy atom. The lowest BCUT2D eigenvalue weighted by Crippen LogP contribution is -2.48. The summed E-state index contributed by atoms with van der Waals surface area (Å²) in [6.45, 7) is 1.19. The number of halogens is 3. The molecule has 7 nitrogen and oxygen atoms in total. The number of benzene rings is 5. The third-order valence-corrected chi connectivity index (χ3v) is 9.77. The third kappa shape index (κ3) is 6.02. The van der Waals surface area contributed by atoms with Crippen LogP contribution in [0.4, 0.5) is 13.2 Å². The van der Waals surface area contributed by atoms with E-state index in [1.807, 2.05) is 110 Å². The van der Waals surface area contributed by atoms with Crippen LogP contribution in [0.5, 0.6) is 0 Å². The second-order valence-corrected chi connectivity index (χ2v) is 12.8. The summed E-state index contributed by atoms with van der Waals surface area (Å²) in [6, 6.07) is 45.7. The summed E-state index contributed by atoms with van der Waals surface area (Å²) < 4.78 is 44.2. The molecular formula is C42H37F3N6O. The number of unbranched alkanes of at least 4 members (excludes halogenated alkanes) is 1. The standard InChI is InChI=1S/C42H37F3N6O/c1-2-3-24-38-46-39(42(43,44)45)37(29-52)51(38)28-30-25-26-35(31-16-8-4-9-17-31)36(27-30)41(47-49-50-48-41)40(32-18-10-5-11-19-32,33-20-12-6-13-21-33)34-22-14-7-15-23-34/h4-23,25-27,52H,2-3,24,28-29H2,1H3. The smallest absolute Gasteiger partial charge is 0.390 e. The van der Waals surface area contributed by atoms with E-state index in [1.54, 1.807) is 0 Å². The molecule has 5 aromatic carbocycles. The molecule has 0 radical (unpaired) electrons. The van der Waals surface area contributed by atoms with Gasteiger partial charge in [-0.2, -0.15) is 13.2 Å². The molecule has 0 saturated heterocycles. The first-order chi connectivity index (χ1) is 25.3. The van der Waals surface area contributed by atoms with Crippen LogP contribution in [-0.2, 0) is 36.8 Å². The van der Waals surface area contributed by atoms with Crippen molar-refractivity contribution in [2.24, 2.45) is 20.7 Å². The molecule has 52 heavy (non-hydrogen) atoms. The Balaban J connectivity index is 1.55. The lowest BCUT2D eigenvalue weighted by molar-refractivity contribution is -0.142. The number of aliphatic hydroxyl groups excluding tert-OH is 1. The van der Waals surface area contributed by atoms with E-state index < -0.39 is 29.6 Å². The van der Waals surface area contributed by atoms with Gasteiger partial charge in [-0.3, -0.25) is 0 Å². The van der Waals surface area contributed by atoms with Crippen LogP contribution < -0.4 is 0 Å². The predicted octanol–water partition coefficient (Wildman–Crippen LogP) is 10.5. The van der Waals surface area contributed by atoms with Crippen LogP contribution in [0.2, 0.25) is 0 Å². The maximum absolute atomic E-state index is 14.2. The molecule has 2 heterocycles. The molecule has 0 spiro atoms. The Labute approximate surface area is 300 Å². The number of nitrogens with zero attached hydrogens (tertiary/aromatic N) is 6. The van der Waals surface area contributed by atoms with Crippen molar-refractivity contribution < 1.29 is 18.3 Å². The second-order valence-electron chi connectivity index (χ2n) is 12.8. The lowest BCUT2D eigenvalue weighted by Gasteiger charge is -2.45. The Morgan fingerprint density at radius 2 is 1.21 bits per heavy atom. The molecule has 0 saturated carbocycles. The molecule has 1 aliphatic heterocycles. The number of hydrogen-bond acceptors (Lipinski definition) is 6. The SMILES string of the molecule is CCCCc1nc(C(F)(F)F)c(CO)n1Cc1ccc(-c2ccccc2)c(C2(C(c3ccccc3)(c3ccccc3)c3ccccc3)N=NN=N2)c1. The van der Waals surface area contributed by atoms with E-state index in [1.165, 1.54) is 4.57 Å². The molecule has 0 aliphatic carbocycles. The van der Waals surface area contributed by atoms with E-state index in [2.05, 4.69) is 51.8 Å². The van der Waals surface area contributed by atoms with E-state index in [0.29, 0.717) is 24.0 Å². The first kappa shape index (κ1) is 34.7. The van der Waals surface area contributed by atoms with Crippen LogP contribution in [0.1, 0.15) is 64.8 Å². The molecule has 6 aromatic rings. The fourth-order valence-corrected chi connectivity index (χ4v) is 7.48. The summed E-state index contributed by atoms with van der Waals surface area (Å²) in [5.41, 5.74) is 1.75. The second kappa shape index (κ2) is 14.5. The Bertz CT molecular complexity index is 2080. The van der Waals surface area contributed by atoms with Gasteiger partial charge < -0.3 is 9.67 Å². The van der Waals surface area contributed by atoms with E-state index in [9.17, 15) is 18.3 Å². The maximum atomic E-state index is 14.2. The van der Waals surface area contributed by atoms with Gasteiger partial charge in [0.25, 0.3) is 0 Å². The highest BCUT2D eigenvalue weighted by atomic mass is 19.4. The van der Waals surface area contributed by atoms with Crippen LogP contribution in [0.25, 0.3) is 11.1 Å². The number of aryl methyl sites for hydroxylation is 1. The fraction of sp³-hybridized carbons (Fsp3) is 0.214. The fourth-order valence-electron chi connectivity index (χ4n) is 7.48. The summed E-state index contributed by atoms with van der Waals surface area (Å²) in [6.07, 6.45) is -2.96. The van der Waals surface area contributed by atoms with Gasteiger partial charge in [0, 0.05) is 18.5 Å². The zero-order valence-electron chi connectivity index (χ0n) is 28.6. The monoisotopic (exact) mass is 698 g/mol. The van der Waals surface area contributed by atoms with Gasteiger partial charge in [0.15, 0.2) is 5.69 Å². The van der Waals surface area contributed by atoms with Gasteiger partial charge in [0.1, 0.15) is 5.82 Å². The largest absolute Gasteiger partial charge is 0.435 e. The zero-order chi connectivity index (χ0) is 36.2. The van der Waals surface area contributed by atoms with Crippen molar-refractivity contribution in [3.8, 4) is 11.1 Å². The van der Waals surface area contributed by atoms with E-state index in [0.717, 1.165) is 34.2 Å². The molecule has 1 aromatic heterocycles. The predicted molar refractivity (Wildman–Crippen MR) is 193 cm³/mol. The normalized spacial score (nSPS) is 13.9. The van der Waals surface area contributed by atoms with Crippen molar-refractivity contribution >= 4 is 0 Å².